The minimum Gasteiger partial charge on any atom is -0.465 e. The lowest BCUT2D eigenvalue weighted by atomic mass is 10.2. The van der Waals surface area contributed by atoms with Crippen molar-refractivity contribution < 1.29 is 14.3 Å². The Balaban J connectivity index is 1.80. The zero-order valence-electron chi connectivity index (χ0n) is 11.8. The van der Waals surface area contributed by atoms with Crippen LogP contribution >= 0.6 is 23.5 Å². The van der Waals surface area contributed by atoms with Gasteiger partial charge in [-0.2, -0.15) is 0 Å². The van der Waals surface area contributed by atoms with Crippen molar-refractivity contribution in [2.45, 2.75) is 12.2 Å². The molecule has 1 amide bonds. The van der Waals surface area contributed by atoms with Gasteiger partial charge in [0.1, 0.15) is 4.91 Å². The molecule has 1 aliphatic heterocycles. The number of ether oxygens (including phenoxy) is 1. The van der Waals surface area contributed by atoms with Gasteiger partial charge in [0.25, 0.3) is 0 Å². The highest BCUT2D eigenvalue weighted by atomic mass is 32.2. The first-order valence-corrected chi connectivity index (χ1v) is 8.70. The van der Waals surface area contributed by atoms with Crippen molar-refractivity contribution >= 4 is 35.4 Å². The Morgan fingerprint density at radius 1 is 1.33 bits per heavy atom. The molecule has 1 aliphatic rings. The van der Waals surface area contributed by atoms with Crippen LogP contribution in [0.15, 0.2) is 40.9 Å². The molecule has 0 atom stereocenters. The standard InChI is InChI=1S/C15H17NO3S2/c1-19-15(18)14-12(7-8-21-14)16-13(17)10-20-9-11-5-3-2-4-6-11/h2-6H,7-10H2,1H3,(H,16,17). The van der Waals surface area contributed by atoms with Gasteiger partial charge in [-0.25, -0.2) is 4.79 Å². The van der Waals surface area contributed by atoms with E-state index in [2.05, 4.69) is 5.32 Å². The van der Waals surface area contributed by atoms with Gasteiger partial charge in [-0.15, -0.1) is 23.5 Å². The Bertz CT molecular complexity index is 543. The van der Waals surface area contributed by atoms with Crippen molar-refractivity contribution in [3.8, 4) is 0 Å². The highest BCUT2D eigenvalue weighted by Gasteiger charge is 2.23. The van der Waals surface area contributed by atoms with E-state index in [-0.39, 0.29) is 11.9 Å². The van der Waals surface area contributed by atoms with E-state index in [1.165, 1.54) is 24.4 Å². The van der Waals surface area contributed by atoms with Crippen molar-refractivity contribution in [1.82, 2.24) is 5.32 Å². The number of allylic oxidation sites excluding steroid dienone is 1. The first-order chi connectivity index (χ1) is 10.2. The molecule has 0 aliphatic carbocycles. The molecule has 21 heavy (non-hydrogen) atoms. The van der Waals surface area contributed by atoms with E-state index in [9.17, 15) is 9.59 Å². The summed E-state index contributed by atoms with van der Waals surface area (Å²) in [7, 11) is 1.35. The maximum absolute atomic E-state index is 11.9. The van der Waals surface area contributed by atoms with Crippen LogP contribution in [0, 0.1) is 0 Å². The average Bonchev–Trinajstić information content (AvgIpc) is 2.95. The third-order valence-electron chi connectivity index (χ3n) is 2.88. The molecular formula is C15H17NO3S2. The molecule has 0 unspecified atom stereocenters. The second-order valence-electron chi connectivity index (χ2n) is 4.42. The molecule has 0 aromatic heterocycles. The summed E-state index contributed by atoms with van der Waals surface area (Å²) in [5.41, 5.74) is 1.89. The Morgan fingerprint density at radius 2 is 2.10 bits per heavy atom. The summed E-state index contributed by atoms with van der Waals surface area (Å²) in [6, 6.07) is 10.0. The molecule has 1 heterocycles. The smallest absolute Gasteiger partial charge is 0.346 e. The third-order valence-corrected chi connectivity index (χ3v) is 4.99. The van der Waals surface area contributed by atoms with Crippen LogP contribution in [-0.4, -0.2) is 30.5 Å². The van der Waals surface area contributed by atoms with Crippen LogP contribution in [-0.2, 0) is 20.1 Å². The van der Waals surface area contributed by atoms with Gasteiger partial charge in [-0.05, 0) is 12.0 Å². The van der Waals surface area contributed by atoms with Crippen LogP contribution in [0.2, 0.25) is 0 Å². The number of hydrogen-bond donors (Lipinski definition) is 1. The lowest BCUT2D eigenvalue weighted by molar-refractivity contribution is -0.135. The Kier molecular flexibility index (Phi) is 6.20. The molecule has 0 spiro atoms. The van der Waals surface area contributed by atoms with Crippen LogP contribution in [0.3, 0.4) is 0 Å². The SMILES string of the molecule is COC(=O)C1=C(NC(=O)CSCc2ccccc2)CCS1. The third kappa shape index (κ3) is 4.82. The number of thioether (sulfide) groups is 2. The van der Waals surface area contributed by atoms with E-state index in [0.29, 0.717) is 22.8 Å². The molecule has 112 valence electrons. The Labute approximate surface area is 132 Å². The quantitative estimate of drug-likeness (QED) is 0.816. The van der Waals surface area contributed by atoms with Gasteiger partial charge < -0.3 is 10.1 Å². The van der Waals surface area contributed by atoms with Crippen LogP contribution in [0.1, 0.15) is 12.0 Å². The molecule has 0 saturated heterocycles. The average molecular weight is 323 g/mol. The van der Waals surface area contributed by atoms with Gasteiger partial charge in [-0.3, -0.25) is 4.79 Å². The number of amides is 1. The summed E-state index contributed by atoms with van der Waals surface area (Å²) >= 11 is 2.99. The topological polar surface area (TPSA) is 55.4 Å². The van der Waals surface area contributed by atoms with Gasteiger partial charge in [0.2, 0.25) is 5.91 Å². The van der Waals surface area contributed by atoms with Gasteiger partial charge in [0.05, 0.1) is 12.9 Å². The summed E-state index contributed by atoms with van der Waals surface area (Å²) in [6.45, 7) is 0. The fraction of sp³-hybridized carbons (Fsp3) is 0.333. The van der Waals surface area contributed by atoms with E-state index in [0.717, 1.165) is 11.5 Å². The molecular weight excluding hydrogens is 306 g/mol. The fourth-order valence-electron chi connectivity index (χ4n) is 1.89. The maximum atomic E-state index is 11.9. The number of carbonyl (C=O) groups is 2. The lowest BCUT2D eigenvalue weighted by Crippen LogP contribution is -2.25. The summed E-state index contributed by atoms with van der Waals surface area (Å²) in [6.07, 6.45) is 0.699. The minimum atomic E-state index is -0.371. The van der Waals surface area contributed by atoms with Crippen molar-refractivity contribution in [3.63, 3.8) is 0 Å². The maximum Gasteiger partial charge on any atom is 0.346 e. The number of nitrogens with one attached hydrogen (secondary N) is 1. The second-order valence-corrected chi connectivity index (χ2v) is 6.52. The van der Waals surface area contributed by atoms with E-state index >= 15 is 0 Å². The number of methoxy groups -OCH3 is 1. The molecule has 0 radical (unpaired) electrons. The molecule has 2 rings (SSSR count). The van der Waals surface area contributed by atoms with Gasteiger partial charge in [-0.1, -0.05) is 30.3 Å². The number of carbonyl (C=O) groups excluding carboxylic acids is 2. The minimum absolute atomic E-state index is 0.0742. The predicted octanol–water partition coefficient (Wildman–Crippen LogP) is 2.56. The molecule has 6 heteroatoms. The zero-order valence-corrected chi connectivity index (χ0v) is 13.4. The molecule has 0 fully saturated rings. The first-order valence-electron chi connectivity index (χ1n) is 6.56. The highest BCUT2D eigenvalue weighted by Crippen LogP contribution is 2.30. The first kappa shape index (κ1) is 16.0. The fourth-order valence-corrected chi connectivity index (χ4v) is 3.72. The normalized spacial score (nSPS) is 14.1. The van der Waals surface area contributed by atoms with Crippen LogP contribution in [0.4, 0.5) is 0 Å². The van der Waals surface area contributed by atoms with Crippen LogP contribution in [0.5, 0.6) is 0 Å². The molecule has 0 saturated carbocycles. The number of esters is 1. The molecule has 1 aromatic rings. The van der Waals surface area contributed by atoms with Gasteiger partial charge in [0.15, 0.2) is 0 Å². The predicted molar refractivity (Wildman–Crippen MR) is 86.9 cm³/mol. The van der Waals surface area contributed by atoms with E-state index in [1.807, 2.05) is 30.3 Å². The molecule has 0 bridgehead atoms. The van der Waals surface area contributed by atoms with Crippen LogP contribution < -0.4 is 5.32 Å². The highest BCUT2D eigenvalue weighted by molar-refractivity contribution is 8.04. The largest absolute Gasteiger partial charge is 0.465 e. The summed E-state index contributed by atoms with van der Waals surface area (Å²) in [4.78, 5) is 24.0. The van der Waals surface area contributed by atoms with Gasteiger partial charge in [0, 0.05) is 17.2 Å². The summed E-state index contributed by atoms with van der Waals surface area (Å²) in [5.74, 6) is 1.53. The second kappa shape index (κ2) is 8.14. The monoisotopic (exact) mass is 323 g/mol. The Hall–Kier alpha value is -1.40. The number of hydrogen-bond acceptors (Lipinski definition) is 5. The number of benzene rings is 1. The lowest BCUT2D eigenvalue weighted by Gasteiger charge is -2.07. The van der Waals surface area contributed by atoms with Crippen molar-refractivity contribution in [2.24, 2.45) is 0 Å². The molecule has 1 N–H and O–H groups in total. The number of rotatable bonds is 6. The van der Waals surface area contributed by atoms with E-state index in [4.69, 9.17) is 4.74 Å². The summed E-state index contributed by atoms with van der Waals surface area (Å²) < 4.78 is 4.71. The van der Waals surface area contributed by atoms with Crippen molar-refractivity contribution in [1.29, 1.82) is 0 Å². The Morgan fingerprint density at radius 3 is 2.81 bits per heavy atom. The van der Waals surface area contributed by atoms with Crippen molar-refractivity contribution in [3.05, 3.63) is 46.5 Å². The zero-order chi connectivity index (χ0) is 15.1. The van der Waals surface area contributed by atoms with E-state index < -0.39 is 0 Å². The van der Waals surface area contributed by atoms with Crippen molar-refractivity contribution in [2.75, 3.05) is 18.6 Å². The molecule has 1 aromatic carbocycles. The van der Waals surface area contributed by atoms with Crippen LogP contribution in [0.25, 0.3) is 0 Å². The summed E-state index contributed by atoms with van der Waals surface area (Å²) in [5, 5.41) is 2.83. The van der Waals surface area contributed by atoms with Gasteiger partial charge >= 0.3 is 5.97 Å². The van der Waals surface area contributed by atoms with E-state index in [1.54, 1.807) is 11.8 Å². The molecule has 4 nitrogen and oxygen atoms in total.